The second-order valence-electron chi connectivity index (χ2n) is 6.16. The van der Waals surface area contributed by atoms with Gasteiger partial charge in [0.15, 0.2) is 18.1 Å². The average Bonchev–Trinajstić information content (AvgIpc) is 2.71. The van der Waals surface area contributed by atoms with Crippen molar-refractivity contribution in [2.45, 2.75) is 6.92 Å². The van der Waals surface area contributed by atoms with Crippen LogP contribution in [-0.2, 0) is 4.79 Å². The molecule has 2 aromatic carbocycles. The minimum Gasteiger partial charge on any atom is -0.493 e. The van der Waals surface area contributed by atoms with Gasteiger partial charge in [-0.3, -0.25) is 4.79 Å². The van der Waals surface area contributed by atoms with Gasteiger partial charge in [0.1, 0.15) is 11.3 Å². The topological polar surface area (TPSA) is 96.2 Å². The van der Waals surface area contributed by atoms with Gasteiger partial charge in [-0.15, -0.1) is 0 Å². The smallest absolute Gasteiger partial charge is 0.336 e. The van der Waals surface area contributed by atoms with Crippen LogP contribution in [0.15, 0.2) is 45.6 Å². The second kappa shape index (κ2) is 8.55. The Kier molecular flexibility index (Phi) is 5.92. The third-order valence-electron chi connectivity index (χ3n) is 4.24. The van der Waals surface area contributed by atoms with Crippen molar-refractivity contribution in [3.8, 4) is 23.0 Å². The minimum absolute atomic E-state index is 0.238. The first-order chi connectivity index (χ1) is 13.9. The summed E-state index contributed by atoms with van der Waals surface area (Å²) in [6, 6.07) is 9.73. The van der Waals surface area contributed by atoms with E-state index in [0.29, 0.717) is 34.3 Å². The minimum atomic E-state index is -0.438. The molecule has 8 nitrogen and oxygen atoms in total. The summed E-state index contributed by atoms with van der Waals surface area (Å²) in [4.78, 5) is 23.8. The normalized spacial score (nSPS) is 10.5. The van der Waals surface area contributed by atoms with Gasteiger partial charge in [0.25, 0.3) is 5.91 Å². The first kappa shape index (κ1) is 20.1. The van der Waals surface area contributed by atoms with Crippen LogP contribution in [0.3, 0.4) is 0 Å². The largest absolute Gasteiger partial charge is 0.493 e. The Morgan fingerprint density at radius 1 is 1.00 bits per heavy atom. The number of nitrogens with one attached hydrogen (secondary N) is 1. The van der Waals surface area contributed by atoms with E-state index in [0.717, 1.165) is 10.9 Å². The molecule has 0 unspecified atom stereocenters. The van der Waals surface area contributed by atoms with Gasteiger partial charge in [0.2, 0.25) is 5.75 Å². The van der Waals surface area contributed by atoms with E-state index in [1.807, 2.05) is 6.92 Å². The van der Waals surface area contributed by atoms with Crippen LogP contribution >= 0.6 is 0 Å². The zero-order valence-electron chi connectivity index (χ0n) is 16.5. The summed E-state index contributed by atoms with van der Waals surface area (Å²) < 4.78 is 26.5. The number of anilines is 1. The molecular weight excluding hydrogens is 378 g/mol. The number of carbonyl (C=O) groups excluding carboxylic acids is 1. The van der Waals surface area contributed by atoms with Crippen molar-refractivity contribution in [1.29, 1.82) is 0 Å². The number of carbonyl (C=O) groups is 1. The quantitative estimate of drug-likeness (QED) is 0.610. The number of benzene rings is 2. The summed E-state index contributed by atoms with van der Waals surface area (Å²) in [7, 11) is 4.48. The average molecular weight is 399 g/mol. The van der Waals surface area contributed by atoms with E-state index in [1.165, 1.54) is 27.4 Å². The number of ether oxygens (including phenoxy) is 4. The molecule has 0 aliphatic heterocycles. The van der Waals surface area contributed by atoms with Crippen molar-refractivity contribution in [3.05, 3.63) is 52.4 Å². The number of hydrogen-bond acceptors (Lipinski definition) is 7. The van der Waals surface area contributed by atoms with Crippen LogP contribution in [0.25, 0.3) is 11.0 Å². The Balaban J connectivity index is 1.72. The summed E-state index contributed by atoms with van der Waals surface area (Å²) in [5, 5.41) is 3.52. The lowest BCUT2D eigenvalue weighted by Gasteiger charge is -2.14. The van der Waals surface area contributed by atoms with E-state index < -0.39 is 5.63 Å². The molecule has 3 aromatic rings. The Labute approximate surface area is 166 Å². The zero-order valence-corrected chi connectivity index (χ0v) is 16.5. The first-order valence-electron chi connectivity index (χ1n) is 8.72. The van der Waals surface area contributed by atoms with Crippen LogP contribution < -0.4 is 29.9 Å². The highest BCUT2D eigenvalue weighted by Crippen LogP contribution is 2.39. The summed E-state index contributed by atoms with van der Waals surface area (Å²) in [6.07, 6.45) is 0. The SMILES string of the molecule is COc1cc(NC(=O)COc2ccc3c(C)cc(=O)oc3c2)cc(OC)c1OC. The molecule has 0 atom stereocenters. The van der Waals surface area contributed by atoms with Gasteiger partial charge in [-0.1, -0.05) is 0 Å². The highest BCUT2D eigenvalue weighted by atomic mass is 16.5. The molecule has 0 aliphatic rings. The number of amides is 1. The molecule has 1 amide bonds. The number of hydrogen-bond donors (Lipinski definition) is 1. The van der Waals surface area contributed by atoms with Crippen molar-refractivity contribution in [2.24, 2.45) is 0 Å². The molecule has 152 valence electrons. The third kappa shape index (κ3) is 4.43. The molecule has 0 radical (unpaired) electrons. The highest BCUT2D eigenvalue weighted by Gasteiger charge is 2.15. The first-order valence-corrected chi connectivity index (χ1v) is 8.72. The van der Waals surface area contributed by atoms with E-state index in [-0.39, 0.29) is 12.5 Å². The van der Waals surface area contributed by atoms with E-state index >= 15 is 0 Å². The zero-order chi connectivity index (χ0) is 21.0. The maximum absolute atomic E-state index is 12.3. The fourth-order valence-corrected chi connectivity index (χ4v) is 2.89. The van der Waals surface area contributed by atoms with Gasteiger partial charge >= 0.3 is 5.63 Å². The molecule has 1 N–H and O–H groups in total. The van der Waals surface area contributed by atoms with Crippen LogP contribution in [0, 0.1) is 6.92 Å². The third-order valence-corrected chi connectivity index (χ3v) is 4.24. The molecule has 3 rings (SSSR count). The van der Waals surface area contributed by atoms with Crippen LogP contribution in [-0.4, -0.2) is 33.8 Å². The fourth-order valence-electron chi connectivity index (χ4n) is 2.89. The Hall–Kier alpha value is -3.68. The van der Waals surface area contributed by atoms with E-state index in [9.17, 15) is 9.59 Å². The van der Waals surface area contributed by atoms with Crippen LogP contribution in [0.4, 0.5) is 5.69 Å². The molecule has 0 saturated heterocycles. The van der Waals surface area contributed by atoms with Gasteiger partial charge < -0.3 is 28.7 Å². The van der Waals surface area contributed by atoms with E-state index in [4.69, 9.17) is 23.4 Å². The lowest BCUT2D eigenvalue weighted by atomic mass is 10.1. The summed E-state index contributed by atoms with van der Waals surface area (Å²) in [5.74, 6) is 1.29. The summed E-state index contributed by atoms with van der Waals surface area (Å²) >= 11 is 0. The predicted molar refractivity (Wildman–Crippen MR) is 107 cm³/mol. The Morgan fingerprint density at radius 3 is 2.31 bits per heavy atom. The maximum Gasteiger partial charge on any atom is 0.336 e. The number of methoxy groups -OCH3 is 3. The number of fused-ring (bicyclic) bond motifs is 1. The van der Waals surface area contributed by atoms with Crippen LogP contribution in [0.1, 0.15) is 5.56 Å². The molecular formula is C21H21NO7. The molecule has 0 spiro atoms. The molecule has 29 heavy (non-hydrogen) atoms. The lowest BCUT2D eigenvalue weighted by molar-refractivity contribution is -0.118. The van der Waals surface area contributed by atoms with Crippen molar-refractivity contribution in [2.75, 3.05) is 33.3 Å². The van der Waals surface area contributed by atoms with Gasteiger partial charge in [0, 0.05) is 35.3 Å². The van der Waals surface area contributed by atoms with Crippen molar-refractivity contribution >= 4 is 22.6 Å². The van der Waals surface area contributed by atoms with Gasteiger partial charge in [-0.2, -0.15) is 0 Å². The maximum atomic E-state index is 12.3. The van der Waals surface area contributed by atoms with Gasteiger partial charge in [0.05, 0.1) is 21.3 Å². The molecule has 0 bridgehead atoms. The van der Waals surface area contributed by atoms with Crippen LogP contribution in [0.5, 0.6) is 23.0 Å². The lowest BCUT2D eigenvalue weighted by Crippen LogP contribution is -2.20. The predicted octanol–water partition coefficient (Wildman–Crippen LogP) is 3.14. The Bertz CT molecular complexity index is 1080. The molecule has 0 aliphatic carbocycles. The summed E-state index contributed by atoms with van der Waals surface area (Å²) in [5.41, 5.74) is 1.24. The van der Waals surface area contributed by atoms with Crippen molar-refractivity contribution in [3.63, 3.8) is 0 Å². The molecule has 8 heteroatoms. The Morgan fingerprint density at radius 2 is 1.69 bits per heavy atom. The molecule has 1 aromatic heterocycles. The fraction of sp³-hybridized carbons (Fsp3) is 0.238. The van der Waals surface area contributed by atoms with Crippen molar-refractivity contribution in [1.82, 2.24) is 0 Å². The second-order valence-corrected chi connectivity index (χ2v) is 6.16. The van der Waals surface area contributed by atoms with Crippen molar-refractivity contribution < 1.29 is 28.2 Å². The van der Waals surface area contributed by atoms with Crippen LogP contribution in [0.2, 0.25) is 0 Å². The van der Waals surface area contributed by atoms with Gasteiger partial charge in [-0.05, 0) is 24.6 Å². The van der Waals surface area contributed by atoms with Gasteiger partial charge in [-0.25, -0.2) is 4.79 Å². The monoisotopic (exact) mass is 399 g/mol. The molecule has 1 heterocycles. The standard InChI is InChI=1S/C21H21NO7/c1-12-7-20(24)29-16-10-14(5-6-15(12)16)28-11-19(23)22-13-8-17(25-2)21(27-4)18(9-13)26-3/h5-10H,11H2,1-4H3,(H,22,23). The molecule has 0 fully saturated rings. The molecule has 0 saturated carbocycles. The number of aryl methyl sites for hydroxylation is 1. The number of rotatable bonds is 7. The van der Waals surface area contributed by atoms with E-state index in [2.05, 4.69) is 5.32 Å². The highest BCUT2D eigenvalue weighted by molar-refractivity contribution is 5.92. The summed E-state index contributed by atoms with van der Waals surface area (Å²) in [6.45, 7) is 1.59. The van der Waals surface area contributed by atoms with E-state index in [1.54, 1.807) is 30.3 Å².